The maximum Gasteiger partial charge on any atom is 0.224 e. The molecule has 27 heavy (non-hydrogen) atoms. The van der Waals surface area contributed by atoms with Gasteiger partial charge in [-0.25, -0.2) is 0 Å². The Bertz CT molecular complexity index is 615. The van der Waals surface area contributed by atoms with E-state index in [2.05, 4.69) is 20.9 Å². The van der Waals surface area contributed by atoms with Gasteiger partial charge >= 0.3 is 0 Å². The van der Waals surface area contributed by atoms with Gasteiger partial charge in [-0.1, -0.05) is 18.0 Å². The van der Waals surface area contributed by atoms with Gasteiger partial charge in [0.15, 0.2) is 5.96 Å². The third-order valence-corrected chi connectivity index (χ3v) is 5.36. The second-order valence-corrected chi connectivity index (χ2v) is 7.54. The molecule has 1 amide bonds. The zero-order chi connectivity index (χ0) is 19.5. The highest BCUT2D eigenvalue weighted by Crippen LogP contribution is 2.43. The summed E-state index contributed by atoms with van der Waals surface area (Å²) in [4.78, 5) is 16.3. The third kappa shape index (κ3) is 7.39. The summed E-state index contributed by atoms with van der Waals surface area (Å²) in [6.07, 6.45) is 6.04. The Morgan fingerprint density at radius 1 is 1.26 bits per heavy atom. The van der Waals surface area contributed by atoms with Crippen molar-refractivity contribution in [3.8, 4) is 0 Å². The Morgan fingerprint density at radius 2 is 2.00 bits per heavy atom. The molecule has 0 atom stereocenters. The molecule has 2 rings (SSSR count). The van der Waals surface area contributed by atoms with Crippen LogP contribution in [0.3, 0.4) is 0 Å². The summed E-state index contributed by atoms with van der Waals surface area (Å²) in [5.41, 5.74) is 1.10. The maximum absolute atomic E-state index is 12.0. The van der Waals surface area contributed by atoms with Gasteiger partial charge in [0.25, 0.3) is 0 Å². The molecular weight excluding hydrogens is 364 g/mol. The van der Waals surface area contributed by atoms with Crippen LogP contribution >= 0.6 is 11.6 Å². The average Bonchev–Trinajstić information content (AvgIpc) is 2.64. The molecule has 1 aliphatic carbocycles. The molecule has 0 radical (unpaired) electrons. The van der Waals surface area contributed by atoms with Crippen LogP contribution in [0.5, 0.6) is 0 Å². The first-order chi connectivity index (χ1) is 13.1. The van der Waals surface area contributed by atoms with Gasteiger partial charge in [-0.3, -0.25) is 9.79 Å². The van der Waals surface area contributed by atoms with E-state index in [1.54, 1.807) is 38.4 Å². The van der Waals surface area contributed by atoms with Crippen LogP contribution in [0.2, 0.25) is 5.02 Å². The van der Waals surface area contributed by atoms with Crippen molar-refractivity contribution >= 4 is 29.2 Å². The lowest BCUT2D eigenvalue weighted by molar-refractivity contribution is -0.116. The van der Waals surface area contributed by atoms with E-state index in [0.29, 0.717) is 23.4 Å². The van der Waals surface area contributed by atoms with Crippen molar-refractivity contribution in [2.24, 2.45) is 10.4 Å². The minimum atomic E-state index is -0.00458. The largest absolute Gasteiger partial charge is 0.385 e. The molecule has 1 aromatic carbocycles. The second-order valence-electron chi connectivity index (χ2n) is 7.11. The smallest absolute Gasteiger partial charge is 0.224 e. The molecule has 3 N–H and O–H groups in total. The number of nitrogens with zero attached hydrogens (tertiary/aromatic N) is 1. The summed E-state index contributed by atoms with van der Waals surface area (Å²) in [5, 5.41) is 10.2. The van der Waals surface area contributed by atoms with E-state index in [1.165, 1.54) is 19.3 Å². The van der Waals surface area contributed by atoms with Crippen LogP contribution in [0.4, 0.5) is 5.69 Å². The monoisotopic (exact) mass is 394 g/mol. The van der Waals surface area contributed by atoms with Crippen molar-refractivity contribution in [1.82, 2.24) is 10.6 Å². The predicted molar refractivity (Wildman–Crippen MR) is 111 cm³/mol. The number of anilines is 1. The van der Waals surface area contributed by atoms with Gasteiger partial charge in [-0.05, 0) is 55.4 Å². The van der Waals surface area contributed by atoms with Crippen molar-refractivity contribution in [1.29, 1.82) is 0 Å². The molecule has 1 aliphatic rings. The van der Waals surface area contributed by atoms with Gasteiger partial charge in [0.1, 0.15) is 0 Å². The number of halogens is 1. The van der Waals surface area contributed by atoms with Crippen LogP contribution in [0.25, 0.3) is 0 Å². The Balaban J connectivity index is 1.63. The number of benzene rings is 1. The van der Waals surface area contributed by atoms with E-state index in [4.69, 9.17) is 16.3 Å². The number of guanidine groups is 1. The summed E-state index contributed by atoms with van der Waals surface area (Å²) in [6, 6.07) is 7.11. The third-order valence-electron chi connectivity index (χ3n) is 5.11. The number of nitrogens with one attached hydrogen (secondary N) is 3. The lowest BCUT2D eigenvalue weighted by atomic mass is 9.67. The summed E-state index contributed by atoms with van der Waals surface area (Å²) >= 11 is 5.84. The standard InChI is InChI=1S/C20H31ClN4O2/c1-22-19(24-15-20(10-4-11-20)12-14-27-2)23-13-3-5-18(26)25-17-8-6-16(21)7-9-17/h6-9H,3-5,10-15H2,1-2H3,(H,25,26)(H2,22,23,24). The zero-order valence-electron chi connectivity index (χ0n) is 16.3. The van der Waals surface area contributed by atoms with Crippen LogP contribution in [0.15, 0.2) is 29.3 Å². The SMILES string of the molecule is CN=C(NCCCC(=O)Nc1ccc(Cl)cc1)NCC1(CCOC)CCC1. The predicted octanol–water partition coefficient (Wildman–Crippen LogP) is 3.43. The number of amides is 1. The maximum atomic E-state index is 12.0. The molecule has 0 heterocycles. The van der Waals surface area contributed by atoms with E-state index in [1.807, 2.05) is 0 Å². The minimum Gasteiger partial charge on any atom is -0.385 e. The van der Waals surface area contributed by atoms with Crippen molar-refractivity contribution in [2.45, 2.75) is 38.5 Å². The molecule has 0 spiro atoms. The van der Waals surface area contributed by atoms with Crippen LogP contribution in [0.1, 0.15) is 38.5 Å². The first-order valence-corrected chi connectivity index (χ1v) is 9.94. The first-order valence-electron chi connectivity index (χ1n) is 9.56. The van der Waals surface area contributed by atoms with E-state index < -0.39 is 0 Å². The number of hydrogen-bond acceptors (Lipinski definition) is 3. The fourth-order valence-electron chi connectivity index (χ4n) is 3.21. The molecular formula is C20H31ClN4O2. The number of ether oxygens (including phenoxy) is 1. The highest BCUT2D eigenvalue weighted by atomic mass is 35.5. The molecule has 1 saturated carbocycles. The van der Waals surface area contributed by atoms with Crippen LogP contribution in [0, 0.1) is 5.41 Å². The van der Waals surface area contributed by atoms with E-state index >= 15 is 0 Å². The molecule has 0 aromatic heterocycles. The molecule has 7 heteroatoms. The summed E-state index contributed by atoms with van der Waals surface area (Å²) < 4.78 is 5.24. The van der Waals surface area contributed by atoms with Gasteiger partial charge in [-0.2, -0.15) is 0 Å². The first kappa shape index (κ1) is 21.5. The van der Waals surface area contributed by atoms with Gasteiger partial charge in [0.05, 0.1) is 0 Å². The molecule has 0 saturated heterocycles. The molecule has 0 aliphatic heterocycles. The van der Waals surface area contributed by atoms with E-state index in [0.717, 1.165) is 37.6 Å². The highest BCUT2D eigenvalue weighted by Gasteiger charge is 2.36. The molecule has 150 valence electrons. The summed E-state index contributed by atoms with van der Waals surface area (Å²) in [6.45, 7) is 2.41. The fourth-order valence-corrected chi connectivity index (χ4v) is 3.34. The number of rotatable bonds is 10. The van der Waals surface area contributed by atoms with Crippen LogP contribution in [-0.2, 0) is 9.53 Å². The van der Waals surface area contributed by atoms with Crippen molar-refractivity contribution in [3.05, 3.63) is 29.3 Å². The van der Waals surface area contributed by atoms with Gasteiger partial charge in [-0.15, -0.1) is 0 Å². The van der Waals surface area contributed by atoms with Crippen molar-refractivity contribution < 1.29 is 9.53 Å². The number of carbonyl (C=O) groups excluding carboxylic acids is 1. The van der Waals surface area contributed by atoms with Crippen LogP contribution in [-0.4, -0.2) is 45.7 Å². The Hall–Kier alpha value is -1.79. The lowest BCUT2D eigenvalue weighted by Gasteiger charge is -2.42. The fraction of sp³-hybridized carbons (Fsp3) is 0.600. The average molecular weight is 395 g/mol. The van der Waals surface area contributed by atoms with Crippen LogP contribution < -0.4 is 16.0 Å². The lowest BCUT2D eigenvalue weighted by Crippen LogP contribution is -2.47. The molecule has 1 fully saturated rings. The number of carbonyl (C=O) groups is 1. The van der Waals surface area contributed by atoms with E-state index in [9.17, 15) is 4.79 Å². The molecule has 0 unspecified atom stereocenters. The normalized spacial score (nSPS) is 15.7. The van der Waals surface area contributed by atoms with E-state index in [-0.39, 0.29) is 5.91 Å². The molecule has 1 aromatic rings. The Morgan fingerprint density at radius 3 is 2.59 bits per heavy atom. The summed E-state index contributed by atoms with van der Waals surface area (Å²) in [7, 11) is 3.52. The highest BCUT2D eigenvalue weighted by molar-refractivity contribution is 6.30. The van der Waals surface area contributed by atoms with Crippen molar-refractivity contribution in [2.75, 3.05) is 39.2 Å². The Kier molecular flexibility index (Phi) is 8.88. The number of methoxy groups -OCH3 is 1. The zero-order valence-corrected chi connectivity index (χ0v) is 17.1. The number of aliphatic imine (C=N–C) groups is 1. The molecule has 0 bridgehead atoms. The topological polar surface area (TPSA) is 74.8 Å². The van der Waals surface area contributed by atoms with Gasteiger partial charge in [0.2, 0.25) is 5.91 Å². The molecule has 6 nitrogen and oxygen atoms in total. The minimum absolute atomic E-state index is 0.00458. The summed E-state index contributed by atoms with van der Waals surface area (Å²) in [5.74, 6) is 0.784. The Labute approximate surface area is 167 Å². The van der Waals surface area contributed by atoms with Crippen molar-refractivity contribution in [3.63, 3.8) is 0 Å². The quantitative estimate of drug-likeness (QED) is 0.323. The van der Waals surface area contributed by atoms with Gasteiger partial charge in [0, 0.05) is 51.0 Å². The van der Waals surface area contributed by atoms with Gasteiger partial charge < -0.3 is 20.7 Å². The second kappa shape index (κ2) is 11.1. The number of hydrogen-bond donors (Lipinski definition) is 3.